The van der Waals surface area contributed by atoms with E-state index in [4.69, 9.17) is 14.5 Å². The molecule has 1 aromatic carbocycles. The average molecular weight is 420 g/mol. The molecule has 4 aromatic rings. The number of para-hydroxylation sites is 1. The summed E-state index contributed by atoms with van der Waals surface area (Å²) in [5.74, 6) is 0.326. The lowest BCUT2D eigenvalue weighted by Crippen LogP contribution is -2.24. The molecule has 0 saturated carbocycles. The van der Waals surface area contributed by atoms with Gasteiger partial charge in [-0.1, -0.05) is 30.3 Å². The molecule has 0 bridgehead atoms. The van der Waals surface area contributed by atoms with E-state index in [1.807, 2.05) is 60.0 Å². The van der Waals surface area contributed by atoms with E-state index in [2.05, 4.69) is 10.3 Å². The van der Waals surface area contributed by atoms with Gasteiger partial charge in [-0.15, -0.1) is 11.3 Å². The summed E-state index contributed by atoms with van der Waals surface area (Å²) in [4.78, 5) is 23.1. The number of benzene rings is 1. The summed E-state index contributed by atoms with van der Waals surface area (Å²) in [5, 5.41) is 5.81. The number of carbonyl (C=O) groups excluding carboxylic acids is 1. The number of carbonyl (C=O) groups is 1. The maximum absolute atomic E-state index is 13.1. The highest BCUT2D eigenvalue weighted by Gasteiger charge is 2.15. The van der Waals surface area contributed by atoms with E-state index < -0.39 is 0 Å². The van der Waals surface area contributed by atoms with Crippen LogP contribution in [0.4, 0.5) is 0 Å². The van der Waals surface area contributed by atoms with Crippen LogP contribution in [0.3, 0.4) is 0 Å². The van der Waals surface area contributed by atoms with Crippen molar-refractivity contribution in [1.29, 1.82) is 0 Å². The van der Waals surface area contributed by atoms with Crippen molar-refractivity contribution in [3.8, 4) is 16.5 Å². The van der Waals surface area contributed by atoms with Crippen LogP contribution in [0, 0.1) is 0 Å². The van der Waals surface area contributed by atoms with Gasteiger partial charge < -0.3 is 14.8 Å². The lowest BCUT2D eigenvalue weighted by atomic mass is 10.1. The summed E-state index contributed by atoms with van der Waals surface area (Å²) < 4.78 is 10.7. The van der Waals surface area contributed by atoms with Crippen molar-refractivity contribution in [1.82, 2.24) is 15.3 Å². The van der Waals surface area contributed by atoms with Gasteiger partial charge in [-0.25, -0.2) is 9.97 Å². The molecule has 0 radical (unpaired) electrons. The molecule has 3 aromatic heterocycles. The van der Waals surface area contributed by atoms with Crippen molar-refractivity contribution in [2.24, 2.45) is 0 Å². The van der Waals surface area contributed by atoms with E-state index in [1.165, 1.54) is 0 Å². The predicted molar refractivity (Wildman–Crippen MR) is 118 cm³/mol. The van der Waals surface area contributed by atoms with E-state index >= 15 is 0 Å². The summed E-state index contributed by atoms with van der Waals surface area (Å²) in [6, 6.07) is 17.2. The molecule has 0 unspecified atom stereocenters. The fourth-order valence-electron chi connectivity index (χ4n) is 3.09. The molecule has 0 fully saturated rings. The Morgan fingerprint density at radius 3 is 2.83 bits per heavy atom. The molecule has 0 spiro atoms. The minimum Gasteiger partial charge on any atom is -0.475 e. The first kappa shape index (κ1) is 20.0. The number of nitrogens with zero attached hydrogens (tertiary/aromatic N) is 2. The summed E-state index contributed by atoms with van der Waals surface area (Å²) in [6.45, 7) is 1.17. The predicted octanol–water partition coefficient (Wildman–Crippen LogP) is 4.31. The summed E-state index contributed by atoms with van der Waals surface area (Å²) in [5.41, 5.74) is 2.98. The molecule has 0 aliphatic rings. The molecule has 7 heteroatoms. The first-order chi connectivity index (χ1) is 14.8. The number of methoxy groups -OCH3 is 1. The zero-order chi connectivity index (χ0) is 20.8. The first-order valence-corrected chi connectivity index (χ1v) is 10.4. The van der Waals surface area contributed by atoms with Crippen LogP contribution < -0.4 is 10.1 Å². The molecule has 0 aliphatic heterocycles. The van der Waals surface area contributed by atoms with E-state index in [0.717, 1.165) is 27.0 Å². The Labute approximate surface area is 178 Å². The van der Waals surface area contributed by atoms with Crippen molar-refractivity contribution in [2.75, 3.05) is 20.3 Å². The highest BCUT2D eigenvalue weighted by atomic mass is 32.1. The van der Waals surface area contributed by atoms with Gasteiger partial charge >= 0.3 is 0 Å². The molecular formula is C23H21N3O3S. The molecule has 30 heavy (non-hydrogen) atoms. The fraction of sp³-hybridized carbons (Fsp3) is 0.174. The Hall–Kier alpha value is -3.29. The minimum absolute atomic E-state index is 0.168. The van der Waals surface area contributed by atoms with Crippen LogP contribution in [-0.4, -0.2) is 36.2 Å². The molecule has 0 atom stereocenters. The molecule has 4 rings (SSSR count). The van der Waals surface area contributed by atoms with Crippen LogP contribution in [0.2, 0.25) is 0 Å². The SMILES string of the molecule is COCCOc1ncccc1CNC(=O)c1cc(-c2cccs2)nc2ccccc12. The number of amides is 1. The van der Waals surface area contributed by atoms with E-state index in [0.29, 0.717) is 31.2 Å². The van der Waals surface area contributed by atoms with Gasteiger partial charge in [0.05, 0.1) is 28.3 Å². The fourth-order valence-corrected chi connectivity index (χ4v) is 3.78. The van der Waals surface area contributed by atoms with Crippen LogP contribution in [0.1, 0.15) is 15.9 Å². The smallest absolute Gasteiger partial charge is 0.252 e. The van der Waals surface area contributed by atoms with Gasteiger partial charge in [-0.05, 0) is 29.6 Å². The van der Waals surface area contributed by atoms with E-state index in [1.54, 1.807) is 24.6 Å². The number of hydrogen-bond donors (Lipinski definition) is 1. The van der Waals surface area contributed by atoms with Gasteiger partial charge in [0.25, 0.3) is 5.91 Å². The lowest BCUT2D eigenvalue weighted by Gasteiger charge is -2.12. The van der Waals surface area contributed by atoms with Crippen molar-refractivity contribution >= 4 is 28.1 Å². The monoisotopic (exact) mass is 419 g/mol. The number of pyridine rings is 2. The van der Waals surface area contributed by atoms with Gasteiger partial charge in [-0.3, -0.25) is 4.79 Å². The van der Waals surface area contributed by atoms with Gasteiger partial charge in [0, 0.05) is 30.8 Å². The number of ether oxygens (including phenoxy) is 2. The lowest BCUT2D eigenvalue weighted by molar-refractivity contribution is 0.0951. The van der Waals surface area contributed by atoms with Gasteiger partial charge in [0.2, 0.25) is 5.88 Å². The zero-order valence-electron chi connectivity index (χ0n) is 16.5. The summed E-state index contributed by atoms with van der Waals surface area (Å²) in [6.07, 6.45) is 1.66. The molecule has 0 aliphatic carbocycles. The second-order valence-electron chi connectivity index (χ2n) is 6.54. The largest absolute Gasteiger partial charge is 0.475 e. The molecule has 6 nitrogen and oxygen atoms in total. The topological polar surface area (TPSA) is 73.3 Å². The normalized spacial score (nSPS) is 10.8. The van der Waals surface area contributed by atoms with Crippen LogP contribution in [0.15, 0.2) is 66.2 Å². The zero-order valence-corrected chi connectivity index (χ0v) is 17.3. The van der Waals surface area contributed by atoms with Crippen LogP contribution in [0.5, 0.6) is 5.88 Å². The number of thiophene rings is 1. The van der Waals surface area contributed by atoms with Crippen LogP contribution in [-0.2, 0) is 11.3 Å². The van der Waals surface area contributed by atoms with Crippen molar-refractivity contribution < 1.29 is 14.3 Å². The number of nitrogens with one attached hydrogen (secondary N) is 1. The maximum atomic E-state index is 13.1. The van der Waals surface area contributed by atoms with E-state index in [-0.39, 0.29) is 5.91 Å². The third-order valence-corrected chi connectivity index (χ3v) is 5.44. The molecule has 3 heterocycles. The minimum atomic E-state index is -0.168. The standard InChI is InChI=1S/C23H21N3O3S/c1-28-11-12-29-23-16(6-4-10-24-23)15-25-22(27)18-14-20(21-9-5-13-30-21)26-19-8-3-2-7-17(18)19/h2-10,13-14H,11-12,15H2,1H3,(H,25,27). The van der Waals surface area contributed by atoms with Crippen LogP contribution >= 0.6 is 11.3 Å². The Morgan fingerprint density at radius 2 is 2.00 bits per heavy atom. The number of aromatic nitrogens is 2. The third-order valence-electron chi connectivity index (χ3n) is 4.55. The highest BCUT2D eigenvalue weighted by molar-refractivity contribution is 7.13. The molecule has 152 valence electrons. The van der Waals surface area contributed by atoms with Gasteiger partial charge in [0.1, 0.15) is 6.61 Å². The molecule has 0 saturated heterocycles. The second kappa shape index (κ2) is 9.47. The quantitative estimate of drug-likeness (QED) is 0.431. The summed E-state index contributed by atoms with van der Waals surface area (Å²) in [7, 11) is 1.62. The highest BCUT2D eigenvalue weighted by Crippen LogP contribution is 2.28. The maximum Gasteiger partial charge on any atom is 0.252 e. The van der Waals surface area contributed by atoms with Crippen molar-refractivity contribution in [3.63, 3.8) is 0 Å². The Bertz CT molecular complexity index is 1150. The van der Waals surface area contributed by atoms with Crippen LogP contribution in [0.25, 0.3) is 21.5 Å². The summed E-state index contributed by atoms with van der Waals surface area (Å²) >= 11 is 1.60. The number of fused-ring (bicyclic) bond motifs is 1. The molecule has 1 N–H and O–H groups in total. The first-order valence-electron chi connectivity index (χ1n) is 9.54. The number of hydrogen-bond acceptors (Lipinski definition) is 6. The second-order valence-corrected chi connectivity index (χ2v) is 7.49. The Kier molecular flexibility index (Phi) is 6.32. The molecule has 1 amide bonds. The Balaban J connectivity index is 1.58. The van der Waals surface area contributed by atoms with Gasteiger partial charge in [0.15, 0.2) is 0 Å². The van der Waals surface area contributed by atoms with E-state index in [9.17, 15) is 4.79 Å². The van der Waals surface area contributed by atoms with Crippen molar-refractivity contribution in [2.45, 2.75) is 6.54 Å². The van der Waals surface area contributed by atoms with Gasteiger partial charge in [-0.2, -0.15) is 0 Å². The molecular weight excluding hydrogens is 398 g/mol. The number of rotatable bonds is 8. The van der Waals surface area contributed by atoms with Crippen molar-refractivity contribution in [3.05, 3.63) is 77.3 Å². The Morgan fingerprint density at radius 1 is 1.10 bits per heavy atom. The third kappa shape index (κ3) is 4.48. The average Bonchev–Trinajstić information content (AvgIpc) is 3.33.